The van der Waals surface area contributed by atoms with E-state index in [2.05, 4.69) is 48.4 Å². The Morgan fingerprint density at radius 3 is 2.48 bits per heavy atom. The van der Waals surface area contributed by atoms with Crippen molar-refractivity contribution in [3.63, 3.8) is 0 Å². The molecule has 2 N–H and O–H groups in total. The van der Waals surface area contributed by atoms with Crippen LogP contribution >= 0.6 is 24.0 Å². The molecule has 0 aliphatic heterocycles. The second-order valence-corrected chi connectivity index (χ2v) is 7.79. The first-order valence-electron chi connectivity index (χ1n) is 9.95. The van der Waals surface area contributed by atoms with Gasteiger partial charge in [0.1, 0.15) is 0 Å². The van der Waals surface area contributed by atoms with E-state index in [1.807, 2.05) is 11.7 Å². The van der Waals surface area contributed by atoms with Gasteiger partial charge in [-0.05, 0) is 51.4 Å². The molecule has 7 heteroatoms. The topological polar surface area (TPSA) is 63.5 Å². The number of nitrogens with zero attached hydrogens (tertiary/aromatic N) is 3. The van der Waals surface area contributed by atoms with Gasteiger partial charge in [-0.15, -0.1) is 24.0 Å². The van der Waals surface area contributed by atoms with Crippen LogP contribution in [-0.4, -0.2) is 42.5 Å². The summed E-state index contributed by atoms with van der Waals surface area (Å²) in [5.74, 6) is 2.57. The summed E-state index contributed by atoms with van der Waals surface area (Å²) >= 11 is 0. The number of guanidine groups is 1. The Balaban J connectivity index is 0.00000364. The van der Waals surface area contributed by atoms with Crippen LogP contribution in [0.2, 0.25) is 0 Å². The Hall–Kier alpha value is -0.830. The predicted octanol–water partition coefficient (Wildman–Crippen LogP) is 3.64. The summed E-state index contributed by atoms with van der Waals surface area (Å²) in [6.07, 6.45) is 5.10. The number of aliphatic imine (C=N–C) groups is 1. The molecule has 1 aliphatic carbocycles. The molecule has 0 bridgehead atoms. The molecule has 1 aromatic rings. The lowest BCUT2D eigenvalue weighted by atomic mass is 9.80. The molecule has 1 aliphatic rings. The third-order valence-corrected chi connectivity index (χ3v) is 5.75. The molecule has 27 heavy (non-hydrogen) atoms. The first-order chi connectivity index (χ1) is 12.5. The van der Waals surface area contributed by atoms with E-state index >= 15 is 0 Å². The van der Waals surface area contributed by atoms with Crippen molar-refractivity contribution in [1.82, 2.24) is 20.4 Å². The van der Waals surface area contributed by atoms with E-state index in [1.165, 1.54) is 36.9 Å². The van der Waals surface area contributed by atoms with E-state index < -0.39 is 0 Å². The van der Waals surface area contributed by atoms with Gasteiger partial charge in [-0.1, -0.05) is 13.8 Å². The van der Waals surface area contributed by atoms with Crippen LogP contribution in [0.1, 0.15) is 56.5 Å². The largest absolute Gasteiger partial charge is 0.383 e. The average molecular weight is 491 g/mol. The molecular weight excluding hydrogens is 453 g/mol. The van der Waals surface area contributed by atoms with Gasteiger partial charge in [-0.2, -0.15) is 5.10 Å². The molecule has 0 atom stereocenters. The van der Waals surface area contributed by atoms with Crippen LogP contribution in [0.25, 0.3) is 0 Å². The first-order valence-corrected chi connectivity index (χ1v) is 9.95. The molecule has 0 radical (unpaired) electrons. The third-order valence-electron chi connectivity index (χ3n) is 5.75. The van der Waals surface area contributed by atoms with Gasteiger partial charge < -0.3 is 15.4 Å². The number of halogens is 1. The summed E-state index contributed by atoms with van der Waals surface area (Å²) < 4.78 is 7.19. The highest BCUT2D eigenvalue weighted by molar-refractivity contribution is 14.0. The van der Waals surface area contributed by atoms with Crippen molar-refractivity contribution in [3.05, 3.63) is 17.0 Å². The van der Waals surface area contributed by atoms with Gasteiger partial charge >= 0.3 is 0 Å². The van der Waals surface area contributed by atoms with Gasteiger partial charge in [-0.25, -0.2) is 0 Å². The quantitative estimate of drug-likeness (QED) is 0.347. The molecule has 0 saturated heterocycles. The van der Waals surface area contributed by atoms with Crippen molar-refractivity contribution in [2.45, 2.75) is 72.5 Å². The van der Waals surface area contributed by atoms with Gasteiger partial charge in [0.05, 0.1) is 18.8 Å². The minimum absolute atomic E-state index is 0. The zero-order valence-electron chi connectivity index (χ0n) is 17.8. The van der Waals surface area contributed by atoms with Gasteiger partial charge in [-0.3, -0.25) is 9.67 Å². The highest BCUT2D eigenvalue weighted by Gasteiger charge is 2.23. The van der Waals surface area contributed by atoms with E-state index in [0.717, 1.165) is 36.6 Å². The molecule has 0 spiro atoms. The maximum absolute atomic E-state index is 5.17. The lowest BCUT2D eigenvalue weighted by Gasteiger charge is -2.32. The summed E-state index contributed by atoms with van der Waals surface area (Å²) in [6, 6.07) is 0.530. The number of hydrogen-bond acceptors (Lipinski definition) is 3. The number of aryl methyl sites for hydroxylation is 1. The van der Waals surface area contributed by atoms with Crippen LogP contribution in [0.4, 0.5) is 0 Å². The van der Waals surface area contributed by atoms with Crippen LogP contribution in [0.5, 0.6) is 0 Å². The van der Waals surface area contributed by atoms with Crippen molar-refractivity contribution < 1.29 is 4.74 Å². The zero-order chi connectivity index (χ0) is 19.1. The van der Waals surface area contributed by atoms with Crippen molar-refractivity contribution >= 4 is 29.9 Å². The molecule has 1 fully saturated rings. The number of methoxy groups -OCH3 is 1. The zero-order valence-corrected chi connectivity index (χ0v) is 20.2. The molecule has 6 nitrogen and oxygen atoms in total. The van der Waals surface area contributed by atoms with Crippen molar-refractivity contribution in [2.24, 2.45) is 16.8 Å². The highest BCUT2D eigenvalue weighted by Crippen LogP contribution is 2.29. The van der Waals surface area contributed by atoms with E-state index in [0.29, 0.717) is 12.6 Å². The maximum Gasteiger partial charge on any atom is 0.191 e. The van der Waals surface area contributed by atoms with Crippen molar-refractivity contribution in [3.8, 4) is 0 Å². The predicted molar refractivity (Wildman–Crippen MR) is 123 cm³/mol. The van der Waals surface area contributed by atoms with E-state index in [9.17, 15) is 0 Å². The molecule has 1 saturated carbocycles. The summed E-state index contributed by atoms with van der Waals surface area (Å²) in [5, 5.41) is 11.7. The van der Waals surface area contributed by atoms with Crippen LogP contribution in [0.3, 0.4) is 0 Å². The minimum atomic E-state index is 0. The Labute approximate surface area is 181 Å². The lowest BCUT2D eigenvalue weighted by Crippen LogP contribution is -2.44. The average Bonchev–Trinajstić information content (AvgIpc) is 2.90. The second kappa shape index (κ2) is 11.9. The van der Waals surface area contributed by atoms with Crippen LogP contribution < -0.4 is 10.6 Å². The molecule has 156 valence electrons. The molecule has 2 rings (SSSR count). The Kier molecular flexibility index (Phi) is 10.7. The SMILES string of the molecule is CN=C(NCc1c(C)nn(CCOC)c1C)NC1CCC(C(C)C)CC1.I. The van der Waals surface area contributed by atoms with Gasteiger partial charge in [0.2, 0.25) is 0 Å². The van der Waals surface area contributed by atoms with Crippen molar-refractivity contribution in [1.29, 1.82) is 0 Å². The Morgan fingerprint density at radius 1 is 1.26 bits per heavy atom. The molecule has 0 amide bonds. The summed E-state index contributed by atoms with van der Waals surface area (Å²) in [6.45, 7) is 11.1. The van der Waals surface area contributed by atoms with Gasteiger partial charge in [0.15, 0.2) is 5.96 Å². The molecule has 0 aromatic carbocycles. The van der Waals surface area contributed by atoms with E-state index in [1.54, 1.807) is 7.11 Å². The third kappa shape index (κ3) is 6.93. The summed E-state index contributed by atoms with van der Waals surface area (Å²) in [7, 11) is 3.56. The molecule has 0 unspecified atom stereocenters. The maximum atomic E-state index is 5.17. The number of nitrogens with one attached hydrogen (secondary N) is 2. The fraction of sp³-hybridized carbons (Fsp3) is 0.800. The van der Waals surface area contributed by atoms with Gasteiger partial charge in [0.25, 0.3) is 0 Å². The number of hydrogen-bond donors (Lipinski definition) is 2. The minimum Gasteiger partial charge on any atom is -0.383 e. The summed E-state index contributed by atoms with van der Waals surface area (Å²) in [5.41, 5.74) is 3.51. The molecule has 1 aromatic heterocycles. The van der Waals surface area contributed by atoms with Crippen molar-refractivity contribution in [2.75, 3.05) is 20.8 Å². The standard InChI is InChI=1S/C20H37N5O.HI/c1-14(2)17-7-9-18(10-8-17)23-20(21-5)22-13-19-15(3)24-25(16(19)4)11-12-26-6;/h14,17-18H,7-13H2,1-6H3,(H2,21,22,23);1H. The fourth-order valence-electron chi connectivity index (χ4n) is 3.88. The summed E-state index contributed by atoms with van der Waals surface area (Å²) in [4.78, 5) is 4.41. The fourth-order valence-corrected chi connectivity index (χ4v) is 3.88. The first kappa shape index (κ1) is 24.2. The molecule has 1 heterocycles. The highest BCUT2D eigenvalue weighted by atomic mass is 127. The Bertz CT molecular complexity index is 591. The second-order valence-electron chi connectivity index (χ2n) is 7.79. The number of aromatic nitrogens is 2. The Morgan fingerprint density at radius 2 is 1.93 bits per heavy atom. The number of ether oxygens (including phenoxy) is 1. The lowest BCUT2D eigenvalue weighted by molar-refractivity contribution is 0.182. The number of rotatable bonds is 7. The van der Waals surface area contributed by atoms with Crippen LogP contribution in [-0.2, 0) is 17.8 Å². The normalized spacial score (nSPS) is 20.5. The van der Waals surface area contributed by atoms with Crippen LogP contribution in [0, 0.1) is 25.7 Å². The van der Waals surface area contributed by atoms with Crippen LogP contribution in [0.15, 0.2) is 4.99 Å². The van der Waals surface area contributed by atoms with E-state index in [4.69, 9.17) is 4.74 Å². The van der Waals surface area contributed by atoms with E-state index in [-0.39, 0.29) is 24.0 Å². The molecular formula is C20H38IN5O. The monoisotopic (exact) mass is 491 g/mol. The smallest absolute Gasteiger partial charge is 0.191 e. The van der Waals surface area contributed by atoms with Gasteiger partial charge in [0, 0.05) is 38.0 Å².